The highest BCUT2D eigenvalue weighted by Gasteiger charge is 2.18. The second-order valence-electron chi connectivity index (χ2n) is 3.83. The summed E-state index contributed by atoms with van der Waals surface area (Å²) in [5.74, 6) is 0.813. The van der Waals surface area contributed by atoms with Crippen LogP contribution in [-0.2, 0) is 16.1 Å². The molecule has 0 aliphatic carbocycles. The first-order valence-electron chi connectivity index (χ1n) is 5.77. The molecular weight excluding hydrogens is 222 g/mol. The number of hydrogen-bond acceptors (Lipinski definition) is 6. The normalized spacial score (nSPS) is 12.4. The molecule has 0 amide bonds. The van der Waals surface area contributed by atoms with Gasteiger partial charge in [-0.3, -0.25) is 10.1 Å². The van der Waals surface area contributed by atoms with Crippen molar-refractivity contribution in [2.75, 3.05) is 7.11 Å². The fourth-order valence-electron chi connectivity index (χ4n) is 1.48. The quantitative estimate of drug-likeness (QED) is 0.723. The summed E-state index contributed by atoms with van der Waals surface area (Å²) in [6, 6.07) is -0.313. The van der Waals surface area contributed by atoms with Gasteiger partial charge in [0.25, 0.3) is 0 Å². The third kappa shape index (κ3) is 4.52. The van der Waals surface area contributed by atoms with Crippen LogP contribution in [0, 0.1) is 6.92 Å². The van der Waals surface area contributed by atoms with Gasteiger partial charge in [0.15, 0.2) is 5.82 Å². The number of esters is 1. The predicted molar refractivity (Wildman–Crippen MR) is 61.2 cm³/mol. The van der Waals surface area contributed by atoms with E-state index in [4.69, 9.17) is 9.26 Å². The Kier molecular flexibility index (Phi) is 5.62. The van der Waals surface area contributed by atoms with Gasteiger partial charge in [0.1, 0.15) is 6.04 Å². The van der Waals surface area contributed by atoms with Crippen LogP contribution in [0.4, 0.5) is 0 Å². The van der Waals surface area contributed by atoms with Crippen molar-refractivity contribution in [3.8, 4) is 0 Å². The number of aromatic nitrogens is 2. The lowest BCUT2D eigenvalue weighted by Crippen LogP contribution is -2.37. The van der Waals surface area contributed by atoms with E-state index in [1.807, 2.05) is 0 Å². The maximum atomic E-state index is 11.5. The van der Waals surface area contributed by atoms with Gasteiger partial charge in [0, 0.05) is 0 Å². The molecule has 0 aliphatic rings. The largest absolute Gasteiger partial charge is 0.468 e. The molecule has 1 aromatic rings. The number of aryl methyl sites for hydroxylation is 1. The van der Waals surface area contributed by atoms with Crippen LogP contribution >= 0.6 is 0 Å². The molecule has 0 spiro atoms. The van der Waals surface area contributed by atoms with E-state index in [9.17, 15) is 4.79 Å². The Morgan fingerprint density at radius 2 is 2.35 bits per heavy atom. The van der Waals surface area contributed by atoms with Gasteiger partial charge < -0.3 is 9.26 Å². The number of hydrogen-bond donors (Lipinski definition) is 1. The second kappa shape index (κ2) is 7.01. The summed E-state index contributed by atoms with van der Waals surface area (Å²) < 4.78 is 9.69. The first kappa shape index (κ1) is 13.6. The van der Waals surface area contributed by atoms with E-state index in [-0.39, 0.29) is 12.0 Å². The van der Waals surface area contributed by atoms with E-state index >= 15 is 0 Å². The Morgan fingerprint density at radius 1 is 1.59 bits per heavy atom. The summed E-state index contributed by atoms with van der Waals surface area (Å²) in [5.41, 5.74) is 0. The Labute approximate surface area is 101 Å². The summed E-state index contributed by atoms with van der Waals surface area (Å²) >= 11 is 0. The first-order valence-corrected chi connectivity index (χ1v) is 5.77. The minimum Gasteiger partial charge on any atom is -0.468 e. The summed E-state index contributed by atoms with van der Waals surface area (Å²) in [6.07, 6.45) is 2.75. The van der Waals surface area contributed by atoms with Gasteiger partial charge in [0.2, 0.25) is 5.89 Å². The molecule has 0 fully saturated rings. The zero-order valence-corrected chi connectivity index (χ0v) is 10.5. The lowest BCUT2D eigenvalue weighted by molar-refractivity contribution is -0.143. The van der Waals surface area contributed by atoms with Gasteiger partial charge in [-0.15, -0.1) is 0 Å². The van der Waals surface area contributed by atoms with Crippen molar-refractivity contribution in [2.45, 2.75) is 45.7 Å². The van der Waals surface area contributed by atoms with Crippen LogP contribution < -0.4 is 5.32 Å². The smallest absolute Gasteiger partial charge is 0.322 e. The van der Waals surface area contributed by atoms with Crippen LogP contribution in [0.15, 0.2) is 4.52 Å². The van der Waals surface area contributed by atoms with Crippen LogP contribution in [0.25, 0.3) is 0 Å². The number of carbonyl (C=O) groups is 1. The number of ether oxygens (including phenoxy) is 1. The molecule has 1 heterocycles. The number of nitrogens with zero attached hydrogens (tertiary/aromatic N) is 2. The number of rotatable bonds is 7. The molecule has 96 valence electrons. The maximum Gasteiger partial charge on any atom is 0.322 e. The van der Waals surface area contributed by atoms with E-state index in [1.165, 1.54) is 7.11 Å². The van der Waals surface area contributed by atoms with Crippen molar-refractivity contribution in [1.29, 1.82) is 0 Å². The summed E-state index contributed by atoms with van der Waals surface area (Å²) in [4.78, 5) is 15.5. The van der Waals surface area contributed by atoms with E-state index in [0.717, 1.165) is 19.3 Å². The lowest BCUT2D eigenvalue weighted by atomic mass is 10.1. The van der Waals surface area contributed by atoms with Crippen LogP contribution in [0.2, 0.25) is 0 Å². The number of nitrogens with one attached hydrogen (secondary N) is 1. The van der Waals surface area contributed by atoms with E-state index < -0.39 is 0 Å². The number of unbranched alkanes of at least 4 members (excludes halogenated alkanes) is 1. The van der Waals surface area contributed by atoms with Gasteiger partial charge in [-0.1, -0.05) is 24.9 Å². The third-order valence-electron chi connectivity index (χ3n) is 2.40. The average Bonchev–Trinajstić information content (AvgIpc) is 2.74. The van der Waals surface area contributed by atoms with Crippen molar-refractivity contribution in [2.24, 2.45) is 0 Å². The molecule has 0 saturated heterocycles. The predicted octanol–water partition coefficient (Wildman–Crippen LogP) is 1.20. The molecule has 17 heavy (non-hydrogen) atoms. The summed E-state index contributed by atoms with van der Waals surface area (Å²) in [5, 5.41) is 6.74. The van der Waals surface area contributed by atoms with Crippen LogP contribution in [-0.4, -0.2) is 29.3 Å². The van der Waals surface area contributed by atoms with E-state index in [0.29, 0.717) is 18.3 Å². The zero-order chi connectivity index (χ0) is 12.7. The molecule has 1 unspecified atom stereocenters. The third-order valence-corrected chi connectivity index (χ3v) is 2.40. The Morgan fingerprint density at radius 3 is 2.88 bits per heavy atom. The van der Waals surface area contributed by atoms with Crippen molar-refractivity contribution >= 4 is 5.97 Å². The van der Waals surface area contributed by atoms with Crippen molar-refractivity contribution in [1.82, 2.24) is 15.5 Å². The molecular formula is C11H19N3O3. The van der Waals surface area contributed by atoms with Crippen LogP contribution in [0.5, 0.6) is 0 Å². The molecule has 6 nitrogen and oxygen atoms in total. The van der Waals surface area contributed by atoms with E-state index in [2.05, 4.69) is 22.4 Å². The molecule has 1 atom stereocenters. The van der Waals surface area contributed by atoms with Crippen LogP contribution in [0.3, 0.4) is 0 Å². The molecule has 6 heteroatoms. The highest BCUT2D eigenvalue weighted by atomic mass is 16.5. The Hall–Kier alpha value is -1.43. The lowest BCUT2D eigenvalue weighted by Gasteiger charge is -2.14. The Balaban J connectivity index is 2.45. The number of methoxy groups -OCH3 is 1. The van der Waals surface area contributed by atoms with Crippen molar-refractivity contribution in [3.05, 3.63) is 11.7 Å². The summed E-state index contributed by atoms with van der Waals surface area (Å²) in [7, 11) is 1.39. The van der Waals surface area contributed by atoms with Crippen molar-refractivity contribution in [3.63, 3.8) is 0 Å². The SMILES string of the molecule is CCCCC(NCc1nc(C)no1)C(=O)OC. The highest BCUT2D eigenvalue weighted by molar-refractivity contribution is 5.75. The molecule has 0 radical (unpaired) electrons. The number of carbonyl (C=O) groups excluding carboxylic acids is 1. The van der Waals surface area contributed by atoms with Gasteiger partial charge in [-0.05, 0) is 13.3 Å². The van der Waals surface area contributed by atoms with Gasteiger partial charge >= 0.3 is 5.97 Å². The first-order chi connectivity index (χ1) is 8.17. The van der Waals surface area contributed by atoms with Crippen LogP contribution in [0.1, 0.15) is 37.9 Å². The fourth-order valence-corrected chi connectivity index (χ4v) is 1.48. The van der Waals surface area contributed by atoms with Gasteiger partial charge in [-0.2, -0.15) is 4.98 Å². The van der Waals surface area contributed by atoms with Crippen molar-refractivity contribution < 1.29 is 14.1 Å². The van der Waals surface area contributed by atoms with Gasteiger partial charge in [-0.25, -0.2) is 0 Å². The summed E-state index contributed by atoms with van der Waals surface area (Å²) in [6.45, 7) is 4.21. The molecule has 0 saturated carbocycles. The molecule has 0 aliphatic heterocycles. The average molecular weight is 241 g/mol. The zero-order valence-electron chi connectivity index (χ0n) is 10.5. The fraction of sp³-hybridized carbons (Fsp3) is 0.727. The standard InChI is InChI=1S/C11H19N3O3/c1-4-5-6-9(11(15)16-3)12-7-10-13-8(2)14-17-10/h9,12H,4-7H2,1-3H3. The maximum absolute atomic E-state index is 11.5. The van der Waals surface area contributed by atoms with E-state index in [1.54, 1.807) is 6.92 Å². The second-order valence-corrected chi connectivity index (χ2v) is 3.83. The molecule has 0 aromatic carbocycles. The minimum atomic E-state index is -0.313. The Bertz CT molecular complexity index is 351. The minimum absolute atomic E-state index is 0.255. The molecule has 1 aromatic heterocycles. The molecule has 1 rings (SSSR count). The topological polar surface area (TPSA) is 77.3 Å². The molecule has 1 N–H and O–H groups in total. The highest BCUT2D eigenvalue weighted by Crippen LogP contribution is 2.04. The monoisotopic (exact) mass is 241 g/mol. The molecule has 0 bridgehead atoms. The van der Waals surface area contributed by atoms with Gasteiger partial charge in [0.05, 0.1) is 13.7 Å².